The number of anilines is 1. The van der Waals surface area contributed by atoms with Gasteiger partial charge in [-0.1, -0.05) is 18.5 Å². The highest BCUT2D eigenvalue weighted by Crippen LogP contribution is 2.45. The van der Waals surface area contributed by atoms with E-state index in [4.69, 9.17) is 11.6 Å². The van der Waals surface area contributed by atoms with E-state index in [1.165, 1.54) is 22.4 Å². The number of fused-ring (bicyclic) bond motifs is 1. The fourth-order valence-corrected chi connectivity index (χ4v) is 4.53. The van der Waals surface area contributed by atoms with Crippen LogP contribution in [0.4, 0.5) is 11.4 Å². The van der Waals surface area contributed by atoms with Crippen molar-refractivity contribution in [2.45, 2.75) is 65.5 Å². The van der Waals surface area contributed by atoms with Gasteiger partial charge in [0.25, 0.3) is 0 Å². The molecule has 0 saturated heterocycles. The Morgan fingerprint density at radius 3 is 2.46 bits per heavy atom. The first-order valence-corrected chi connectivity index (χ1v) is 9.80. The van der Waals surface area contributed by atoms with Crippen molar-refractivity contribution in [3.8, 4) is 0 Å². The molecule has 1 aliphatic rings. The maximum Gasteiger partial charge on any atom is 0.0630 e. The molecule has 0 aliphatic carbocycles. The molecule has 0 bridgehead atoms. The highest BCUT2D eigenvalue weighted by atomic mass is 35.5. The van der Waals surface area contributed by atoms with Crippen LogP contribution < -0.4 is 4.90 Å². The zero-order valence-electron chi connectivity index (χ0n) is 16.7. The second-order valence-corrected chi connectivity index (χ2v) is 8.82. The van der Waals surface area contributed by atoms with E-state index in [1.54, 1.807) is 0 Å². The Kier molecular flexibility index (Phi) is 5.16. The molecule has 1 atom stereocenters. The van der Waals surface area contributed by atoms with Crippen LogP contribution in [0.1, 0.15) is 63.6 Å². The molecule has 26 heavy (non-hydrogen) atoms. The zero-order valence-corrected chi connectivity index (χ0v) is 17.4. The number of hydrogen-bond acceptors (Lipinski definition) is 2. The standard InChI is InChI=1S/C23H29ClN2/c1-15(2)26-22-11-16(3)18(12-21(22)17(4)13-23(26,5)6)14-25-20-9-7-19(24)8-10-20/h7-12,14-15,17H,13H2,1-6H3/t17-/m1/s1. The van der Waals surface area contributed by atoms with Gasteiger partial charge in [-0.15, -0.1) is 0 Å². The Bertz CT molecular complexity index is 819. The van der Waals surface area contributed by atoms with Crippen LogP contribution in [0.3, 0.4) is 0 Å². The summed E-state index contributed by atoms with van der Waals surface area (Å²) < 4.78 is 0. The Morgan fingerprint density at radius 1 is 1.19 bits per heavy atom. The van der Waals surface area contributed by atoms with Crippen LogP contribution in [0.5, 0.6) is 0 Å². The zero-order chi connectivity index (χ0) is 19.1. The highest BCUT2D eigenvalue weighted by Gasteiger charge is 2.37. The molecule has 1 heterocycles. The van der Waals surface area contributed by atoms with Crippen LogP contribution in [0.25, 0.3) is 0 Å². The van der Waals surface area contributed by atoms with Crippen molar-refractivity contribution < 1.29 is 0 Å². The number of aryl methyl sites for hydroxylation is 1. The largest absolute Gasteiger partial charge is 0.364 e. The van der Waals surface area contributed by atoms with Crippen LogP contribution in [0, 0.1) is 6.92 Å². The van der Waals surface area contributed by atoms with E-state index in [2.05, 4.69) is 63.6 Å². The van der Waals surface area contributed by atoms with Gasteiger partial charge in [-0.25, -0.2) is 0 Å². The van der Waals surface area contributed by atoms with Crippen molar-refractivity contribution in [3.63, 3.8) is 0 Å². The van der Waals surface area contributed by atoms with Crippen LogP contribution >= 0.6 is 11.6 Å². The molecule has 0 N–H and O–H groups in total. The monoisotopic (exact) mass is 368 g/mol. The summed E-state index contributed by atoms with van der Waals surface area (Å²) in [5, 5.41) is 0.735. The maximum absolute atomic E-state index is 5.96. The Morgan fingerprint density at radius 2 is 1.85 bits per heavy atom. The molecule has 0 saturated carbocycles. The van der Waals surface area contributed by atoms with Crippen LogP contribution in [0.15, 0.2) is 41.4 Å². The Balaban J connectivity index is 2.01. The second-order valence-electron chi connectivity index (χ2n) is 8.38. The molecule has 138 valence electrons. The average molecular weight is 369 g/mol. The first-order chi connectivity index (χ1) is 12.2. The molecule has 3 rings (SSSR count). The molecular weight excluding hydrogens is 340 g/mol. The van der Waals surface area contributed by atoms with E-state index in [9.17, 15) is 0 Å². The number of hydrogen-bond donors (Lipinski definition) is 0. The van der Waals surface area contributed by atoms with Crippen molar-refractivity contribution in [3.05, 3.63) is 58.1 Å². The van der Waals surface area contributed by atoms with Gasteiger partial charge >= 0.3 is 0 Å². The molecule has 0 amide bonds. The molecule has 1 aliphatic heterocycles. The summed E-state index contributed by atoms with van der Waals surface area (Å²) >= 11 is 5.96. The summed E-state index contributed by atoms with van der Waals surface area (Å²) in [6.07, 6.45) is 3.14. The lowest BCUT2D eigenvalue weighted by atomic mass is 9.78. The molecule has 0 fully saturated rings. The van der Waals surface area contributed by atoms with Crippen LogP contribution in [-0.2, 0) is 0 Å². The van der Waals surface area contributed by atoms with Gasteiger partial charge in [0.2, 0.25) is 0 Å². The van der Waals surface area contributed by atoms with Gasteiger partial charge in [0.05, 0.1) is 5.69 Å². The molecule has 0 aromatic heterocycles. The molecule has 2 aromatic carbocycles. The average Bonchev–Trinajstić information content (AvgIpc) is 2.53. The first kappa shape index (κ1) is 19.0. The molecule has 2 aromatic rings. The third-order valence-corrected chi connectivity index (χ3v) is 5.61. The number of benzene rings is 2. The highest BCUT2D eigenvalue weighted by molar-refractivity contribution is 6.30. The lowest BCUT2D eigenvalue weighted by Crippen LogP contribution is -2.51. The third-order valence-electron chi connectivity index (χ3n) is 5.36. The number of aliphatic imine (C=N–C) groups is 1. The van der Waals surface area contributed by atoms with E-state index in [0.29, 0.717) is 12.0 Å². The third kappa shape index (κ3) is 3.66. The second kappa shape index (κ2) is 7.08. The Hall–Kier alpha value is -1.80. The predicted octanol–water partition coefficient (Wildman–Crippen LogP) is 6.90. The first-order valence-electron chi connectivity index (χ1n) is 9.42. The van der Waals surface area contributed by atoms with Crippen molar-refractivity contribution in [2.24, 2.45) is 4.99 Å². The molecule has 3 heteroatoms. The summed E-state index contributed by atoms with van der Waals surface area (Å²) in [7, 11) is 0. The van der Waals surface area contributed by atoms with Gasteiger partial charge in [-0.3, -0.25) is 4.99 Å². The summed E-state index contributed by atoms with van der Waals surface area (Å²) in [5.41, 5.74) is 6.35. The minimum atomic E-state index is 0.173. The van der Waals surface area contributed by atoms with E-state index in [1.807, 2.05) is 30.5 Å². The van der Waals surface area contributed by atoms with Gasteiger partial charge in [0.15, 0.2) is 0 Å². The summed E-state index contributed by atoms with van der Waals surface area (Å²) in [5.74, 6) is 0.540. The van der Waals surface area contributed by atoms with Crippen molar-refractivity contribution in [1.82, 2.24) is 0 Å². The van der Waals surface area contributed by atoms with Gasteiger partial charge in [-0.2, -0.15) is 0 Å². The minimum absolute atomic E-state index is 0.173. The summed E-state index contributed by atoms with van der Waals surface area (Å²) in [4.78, 5) is 7.22. The van der Waals surface area contributed by atoms with Gasteiger partial charge in [0.1, 0.15) is 0 Å². The van der Waals surface area contributed by atoms with Crippen molar-refractivity contribution in [1.29, 1.82) is 0 Å². The fourth-order valence-electron chi connectivity index (χ4n) is 4.40. The van der Waals surface area contributed by atoms with E-state index in [-0.39, 0.29) is 5.54 Å². The fraction of sp³-hybridized carbons (Fsp3) is 0.435. The minimum Gasteiger partial charge on any atom is -0.364 e. The number of halogens is 1. The Labute approximate surface area is 162 Å². The van der Waals surface area contributed by atoms with E-state index in [0.717, 1.165) is 17.1 Å². The van der Waals surface area contributed by atoms with Gasteiger partial charge < -0.3 is 4.90 Å². The molecule has 0 spiro atoms. The van der Waals surface area contributed by atoms with Crippen LogP contribution in [-0.4, -0.2) is 17.8 Å². The number of nitrogens with zero attached hydrogens (tertiary/aromatic N) is 2. The molecule has 2 nitrogen and oxygen atoms in total. The van der Waals surface area contributed by atoms with E-state index >= 15 is 0 Å². The van der Waals surface area contributed by atoms with Crippen LogP contribution in [0.2, 0.25) is 5.02 Å². The summed E-state index contributed by atoms with van der Waals surface area (Å²) in [6, 6.07) is 12.8. The molecule has 0 unspecified atom stereocenters. The lowest BCUT2D eigenvalue weighted by Gasteiger charge is -2.50. The lowest BCUT2D eigenvalue weighted by molar-refractivity contribution is 0.356. The molecule has 0 radical (unpaired) electrons. The summed E-state index contributed by atoms with van der Waals surface area (Å²) in [6.45, 7) is 13.8. The van der Waals surface area contributed by atoms with Crippen molar-refractivity contribution >= 4 is 29.2 Å². The smallest absolute Gasteiger partial charge is 0.0630 e. The van der Waals surface area contributed by atoms with Crippen molar-refractivity contribution in [2.75, 3.05) is 4.90 Å². The van der Waals surface area contributed by atoms with E-state index < -0.39 is 0 Å². The predicted molar refractivity (Wildman–Crippen MR) is 115 cm³/mol. The quantitative estimate of drug-likeness (QED) is 0.538. The molecular formula is C23H29ClN2. The SMILES string of the molecule is Cc1cc2c(cc1C=Nc1ccc(Cl)cc1)[C@H](C)CC(C)(C)N2C(C)C. The topological polar surface area (TPSA) is 15.6 Å². The normalized spacial score (nSPS) is 19.2. The van der Waals surface area contributed by atoms with Gasteiger partial charge in [0, 0.05) is 28.5 Å². The number of rotatable bonds is 3. The van der Waals surface area contributed by atoms with Gasteiger partial charge in [-0.05, 0) is 100 Å². The maximum atomic E-state index is 5.96.